The van der Waals surface area contributed by atoms with Crippen LogP contribution in [0.15, 0.2) is 6.07 Å². The number of halogens is 1. The van der Waals surface area contributed by atoms with Crippen LogP contribution in [0.2, 0.25) is 5.02 Å². The molecule has 0 radical (unpaired) electrons. The van der Waals surface area contributed by atoms with E-state index in [2.05, 4.69) is 0 Å². The topological polar surface area (TPSA) is 76.0 Å². The van der Waals surface area contributed by atoms with Gasteiger partial charge < -0.3 is 19.7 Å². The third-order valence-corrected chi connectivity index (χ3v) is 2.63. The van der Waals surface area contributed by atoms with E-state index in [1.54, 1.807) is 6.92 Å². The van der Waals surface area contributed by atoms with Crippen LogP contribution in [0.1, 0.15) is 22.8 Å². The first-order valence-corrected chi connectivity index (χ1v) is 5.32. The fraction of sp³-hybridized carbons (Fsp3) is 0.364. The molecule has 0 aliphatic rings. The molecule has 5 nitrogen and oxygen atoms in total. The molecule has 0 amide bonds. The standard InChI is InChI=1S/C11H13ClO5/c1-3-16-5-17-8-4-7(13)9(11(14)15)6(2)10(8)12/h4,13H,3,5H2,1-2H3,(H,14,15). The summed E-state index contributed by atoms with van der Waals surface area (Å²) in [5, 5.41) is 18.6. The molecular weight excluding hydrogens is 248 g/mol. The summed E-state index contributed by atoms with van der Waals surface area (Å²) in [4.78, 5) is 10.9. The number of carboxylic acids is 1. The van der Waals surface area contributed by atoms with Gasteiger partial charge >= 0.3 is 5.97 Å². The first-order chi connectivity index (χ1) is 7.99. The molecule has 0 aliphatic carbocycles. The Morgan fingerprint density at radius 2 is 2.18 bits per heavy atom. The monoisotopic (exact) mass is 260 g/mol. The molecule has 0 unspecified atom stereocenters. The Bertz CT molecular complexity index is 430. The van der Waals surface area contributed by atoms with E-state index in [0.717, 1.165) is 6.07 Å². The second kappa shape index (κ2) is 5.75. The average Bonchev–Trinajstić information content (AvgIpc) is 2.25. The fourth-order valence-corrected chi connectivity index (χ4v) is 1.51. The number of aromatic hydroxyl groups is 1. The lowest BCUT2D eigenvalue weighted by Gasteiger charge is -2.12. The van der Waals surface area contributed by atoms with Crippen LogP contribution < -0.4 is 4.74 Å². The number of hydrogen-bond acceptors (Lipinski definition) is 4. The first kappa shape index (κ1) is 13.6. The maximum Gasteiger partial charge on any atom is 0.339 e. The second-order valence-corrected chi connectivity index (χ2v) is 3.65. The quantitative estimate of drug-likeness (QED) is 0.628. The highest BCUT2D eigenvalue weighted by Crippen LogP contribution is 2.36. The summed E-state index contributed by atoms with van der Waals surface area (Å²) in [6.07, 6.45) is 0. The van der Waals surface area contributed by atoms with Gasteiger partial charge in [0.05, 0.1) is 5.02 Å². The van der Waals surface area contributed by atoms with Crippen molar-refractivity contribution in [3.63, 3.8) is 0 Å². The predicted octanol–water partition coefficient (Wildman–Crippen LogP) is 2.43. The Morgan fingerprint density at radius 1 is 1.53 bits per heavy atom. The van der Waals surface area contributed by atoms with Crippen molar-refractivity contribution in [3.8, 4) is 11.5 Å². The molecule has 6 heteroatoms. The number of benzene rings is 1. The van der Waals surface area contributed by atoms with E-state index in [-0.39, 0.29) is 34.4 Å². The number of phenols is 1. The van der Waals surface area contributed by atoms with Gasteiger partial charge in [-0.05, 0) is 19.4 Å². The minimum absolute atomic E-state index is 0.0124. The van der Waals surface area contributed by atoms with Gasteiger partial charge in [-0.3, -0.25) is 0 Å². The van der Waals surface area contributed by atoms with E-state index < -0.39 is 5.97 Å². The number of rotatable bonds is 5. The van der Waals surface area contributed by atoms with E-state index in [1.165, 1.54) is 6.92 Å². The van der Waals surface area contributed by atoms with Gasteiger partial charge in [0.1, 0.15) is 17.1 Å². The maximum absolute atomic E-state index is 10.9. The van der Waals surface area contributed by atoms with Crippen molar-refractivity contribution in [3.05, 3.63) is 22.2 Å². The van der Waals surface area contributed by atoms with Crippen LogP contribution in [0, 0.1) is 6.92 Å². The van der Waals surface area contributed by atoms with Gasteiger partial charge in [-0.1, -0.05) is 11.6 Å². The minimum Gasteiger partial charge on any atom is -0.507 e. The summed E-state index contributed by atoms with van der Waals surface area (Å²) in [6.45, 7) is 3.78. The minimum atomic E-state index is -1.24. The number of carboxylic acid groups (broad SMARTS) is 1. The largest absolute Gasteiger partial charge is 0.507 e. The Labute approximate surface area is 104 Å². The van der Waals surface area contributed by atoms with Gasteiger partial charge in [0.15, 0.2) is 6.79 Å². The Balaban J connectivity index is 3.07. The van der Waals surface area contributed by atoms with Crippen molar-refractivity contribution in [2.75, 3.05) is 13.4 Å². The van der Waals surface area contributed by atoms with Gasteiger partial charge in [0.25, 0.3) is 0 Å². The summed E-state index contributed by atoms with van der Waals surface area (Å²) in [7, 11) is 0. The fourth-order valence-electron chi connectivity index (χ4n) is 1.31. The third kappa shape index (κ3) is 3.01. The molecule has 17 heavy (non-hydrogen) atoms. The van der Waals surface area contributed by atoms with Gasteiger partial charge in [0, 0.05) is 12.7 Å². The molecule has 0 heterocycles. The van der Waals surface area contributed by atoms with Crippen molar-refractivity contribution in [1.29, 1.82) is 0 Å². The number of aromatic carboxylic acids is 1. The number of ether oxygens (including phenoxy) is 2. The Hall–Kier alpha value is -1.46. The smallest absolute Gasteiger partial charge is 0.339 e. The van der Waals surface area contributed by atoms with Crippen LogP contribution in [0.5, 0.6) is 11.5 Å². The molecule has 94 valence electrons. The van der Waals surface area contributed by atoms with Gasteiger partial charge in [-0.25, -0.2) is 4.79 Å². The molecule has 0 saturated heterocycles. The molecule has 0 bridgehead atoms. The zero-order chi connectivity index (χ0) is 13.0. The van der Waals surface area contributed by atoms with Crippen molar-refractivity contribution in [2.45, 2.75) is 13.8 Å². The molecule has 0 spiro atoms. The maximum atomic E-state index is 10.9. The first-order valence-electron chi connectivity index (χ1n) is 4.94. The summed E-state index contributed by atoms with van der Waals surface area (Å²) in [5.74, 6) is -1.43. The normalized spacial score (nSPS) is 10.3. The molecular formula is C11H13ClO5. The summed E-state index contributed by atoms with van der Waals surface area (Å²) >= 11 is 5.94. The lowest BCUT2D eigenvalue weighted by Crippen LogP contribution is -2.06. The molecule has 0 saturated carbocycles. The van der Waals surface area contributed by atoms with Crippen LogP contribution in [-0.4, -0.2) is 29.6 Å². The molecule has 0 aliphatic heterocycles. The highest BCUT2D eigenvalue weighted by Gasteiger charge is 2.19. The molecule has 1 rings (SSSR count). The molecule has 0 aromatic heterocycles. The summed E-state index contributed by atoms with van der Waals surface area (Å²) in [6, 6.07) is 1.16. The molecule has 2 N–H and O–H groups in total. The van der Waals surface area contributed by atoms with Gasteiger partial charge in [0.2, 0.25) is 0 Å². The van der Waals surface area contributed by atoms with E-state index in [4.69, 9.17) is 26.2 Å². The Kier molecular flexibility index (Phi) is 4.60. The lowest BCUT2D eigenvalue weighted by atomic mass is 10.1. The van der Waals surface area contributed by atoms with Crippen LogP contribution >= 0.6 is 11.6 Å². The Morgan fingerprint density at radius 3 is 2.71 bits per heavy atom. The molecule has 0 atom stereocenters. The number of carbonyl (C=O) groups is 1. The molecule has 1 aromatic rings. The predicted molar refractivity (Wildman–Crippen MR) is 61.9 cm³/mol. The summed E-state index contributed by atoms with van der Waals surface area (Å²) < 4.78 is 10.1. The highest BCUT2D eigenvalue weighted by atomic mass is 35.5. The second-order valence-electron chi connectivity index (χ2n) is 3.27. The van der Waals surface area contributed by atoms with E-state index in [0.29, 0.717) is 6.61 Å². The molecule has 0 fully saturated rings. The van der Waals surface area contributed by atoms with E-state index in [1.807, 2.05) is 0 Å². The lowest BCUT2D eigenvalue weighted by molar-refractivity contribution is 0.0223. The zero-order valence-corrected chi connectivity index (χ0v) is 10.2. The van der Waals surface area contributed by atoms with Crippen LogP contribution in [0.4, 0.5) is 0 Å². The van der Waals surface area contributed by atoms with Crippen molar-refractivity contribution in [2.24, 2.45) is 0 Å². The van der Waals surface area contributed by atoms with Crippen LogP contribution in [-0.2, 0) is 4.74 Å². The van der Waals surface area contributed by atoms with Crippen molar-refractivity contribution in [1.82, 2.24) is 0 Å². The van der Waals surface area contributed by atoms with Gasteiger partial charge in [-0.2, -0.15) is 0 Å². The van der Waals surface area contributed by atoms with Crippen molar-refractivity contribution >= 4 is 17.6 Å². The zero-order valence-electron chi connectivity index (χ0n) is 9.49. The van der Waals surface area contributed by atoms with Crippen LogP contribution in [0.3, 0.4) is 0 Å². The van der Waals surface area contributed by atoms with Gasteiger partial charge in [-0.15, -0.1) is 0 Å². The van der Waals surface area contributed by atoms with E-state index in [9.17, 15) is 9.90 Å². The number of hydrogen-bond donors (Lipinski definition) is 2. The third-order valence-electron chi connectivity index (χ3n) is 2.16. The average molecular weight is 261 g/mol. The molecule has 1 aromatic carbocycles. The van der Waals surface area contributed by atoms with E-state index >= 15 is 0 Å². The van der Waals surface area contributed by atoms with Crippen molar-refractivity contribution < 1.29 is 24.5 Å². The van der Waals surface area contributed by atoms with Crippen LogP contribution in [0.25, 0.3) is 0 Å². The SMILES string of the molecule is CCOCOc1cc(O)c(C(=O)O)c(C)c1Cl. The summed E-state index contributed by atoms with van der Waals surface area (Å²) in [5.41, 5.74) is 0.0319. The highest BCUT2D eigenvalue weighted by molar-refractivity contribution is 6.33.